The van der Waals surface area contributed by atoms with Crippen LogP contribution in [0.15, 0.2) is 16.7 Å². The summed E-state index contributed by atoms with van der Waals surface area (Å²) in [5.74, 6) is 0.889. The van der Waals surface area contributed by atoms with Crippen LogP contribution in [-0.2, 0) is 0 Å². The van der Waals surface area contributed by atoms with Crippen LogP contribution in [0, 0.1) is 6.92 Å². The van der Waals surface area contributed by atoms with Gasteiger partial charge in [-0.3, -0.25) is 0 Å². The number of aromatic nitrogens is 2. The average molecular weight is 237 g/mol. The quantitative estimate of drug-likeness (QED) is 0.888. The fourth-order valence-corrected chi connectivity index (χ4v) is 2.70. The minimum Gasteiger partial charge on any atom is -0.469 e. The third-order valence-corrected chi connectivity index (χ3v) is 3.65. The molecule has 2 rings (SSSR count). The van der Waals surface area contributed by atoms with Gasteiger partial charge in [0.1, 0.15) is 10.8 Å². The Morgan fingerprint density at radius 3 is 2.88 bits per heavy atom. The monoisotopic (exact) mass is 237 g/mol. The number of hydrogen-bond donors (Lipinski definition) is 1. The van der Waals surface area contributed by atoms with Crippen molar-refractivity contribution in [1.29, 1.82) is 0 Å². The average Bonchev–Trinajstić information content (AvgIpc) is 2.89. The Morgan fingerprint density at radius 2 is 2.31 bits per heavy atom. The summed E-state index contributed by atoms with van der Waals surface area (Å²) >= 11 is 1.62. The van der Waals surface area contributed by atoms with E-state index in [1.165, 1.54) is 0 Å². The van der Waals surface area contributed by atoms with Gasteiger partial charge in [-0.1, -0.05) is 18.3 Å². The molecule has 0 saturated heterocycles. The highest BCUT2D eigenvalue weighted by atomic mass is 32.1. The molecule has 1 N–H and O–H groups in total. The molecule has 0 aliphatic carbocycles. The lowest BCUT2D eigenvalue weighted by Crippen LogP contribution is -2.14. The lowest BCUT2D eigenvalue weighted by molar-refractivity contribution is 0.535. The lowest BCUT2D eigenvalue weighted by Gasteiger charge is -2.07. The molecule has 5 heteroatoms. The Kier molecular flexibility index (Phi) is 3.36. The van der Waals surface area contributed by atoms with E-state index in [-0.39, 0.29) is 0 Å². The van der Waals surface area contributed by atoms with E-state index >= 15 is 0 Å². The summed E-state index contributed by atoms with van der Waals surface area (Å²) in [6.07, 6.45) is 2.69. The SMILES string of the molecule is CCC(NC)c1nnc(-c2ccoc2C)s1. The summed E-state index contributed by atoms with van der Waals surface area (Å²) in [6.45, 7) is 4.07. The molecule has 2 heterocycles. The first-order chi connectivity index (χ1) is 7.76. The van der Waals surface area contributed by atoms with Crippen LogP contribution < -0.4 is 5.32 Å². The molecule has 0 spiro atoms. The van der Waals surface area contributed by atoms with Crippen LogP contribution in [0.25, 0.3) is 10.6 Å². The smallest absolute Gasteiger partial charge is 0.151 e. The molecule has 0 fully saturated rings. The maximum atomic E-state index is 5.26. The topological polar surface area (TPSA) is 51.0 Å². The molecule has 4 nitrogen and oxygen atoms in total. The van der Waals surface area contributed by atoms with Crippen LogP contribution in [0.5, 0.6) is 0 Å². The molecule has 0 saturated carbocycles. The molecule has 1 atom stereocenters. The van der Waals surface area contributed by atoms with Crippen molar-refractivity contribution in [3.8, 4) is 10.6 Å². The van der Waals surface area contributed by atoms with E-state index < -0.39 is 0 Å². The minimum atomic E-state index is 0.290. The van der Waals surface area contributed by atoms with E-state index in [2.05, 4.69) is 22.4 Å². The molecule has 2 aromatic rings. The molecule has 16 heavy (non-hydrogen) atoms. The lowest BCUT2D eigenvalue weighted by atomic mass is 10.2. The van der Waals surface area contributed by atoms with Crippen LogP contribution in [0.2, 0.25) is 0 Å². The number of aryl methyl sites for hydroxylation is 1. The van der Waals surface area contributed by atoms with Gasteiger partial charge in [-0.25, -0.2) is 0 Å². The zero-order valence-electron chi connectivity index (χ0n) is 9.65. The molecule has 0 aromatic carbocycles. The second kappa shape index (κ2) is 4.76. The largest absolute Gasteiger partial charge is 0.469 e. The third-order valence-electron chi connectivity index (χ3n) is 2.58. The van der Waals surface area contributed by atoms with Gasteiger partial charge < -0.3 is 9.73 Å². The first-order valence-corrected chi connectivity index (χ1v) is 6.13. The fourth-order valence-electron chi connectivity index (χ4n) is 1.59. The number of nitrogens with zero attached hydrogens (tertiary/aromatic N) is 2. The van der Waals surface area contributed by atoms with Crippen molar-refractivity contribution in [2.45, 2.75) is 26.3 Å². The maximum Gasteiger partial charge on any atom is 0.151 e. The predicted molar refractivity (Wildman–Crippen MR) is 64.4 cm³/mol. The highest BCUT2D eigenvalue weighted by molar-refractivity contribution is 7.14. The molecule has 86 valence electrons. The number of furan rings is 1. The summed E-state index contributed by atoms with van der Waals surface area (Å²) < 4.78 is 5.26. The Hall–Kier alpha value is -1.20. The zero-order chi connectivity index (χ0) is 11.5. The van der Waals surface area contributed by atoms with Crippen molar-refractivity contribution in [1.82, 2.24) is 15.5 Å². The van der Waals surface area contributed by atoms with Crippen molar-refractivity contribution in [2.24, 2.45) is 0 Å². The highest BCUT2D eigenvalue weighted by Gasteiger charge is 2.15. The normalized spacial score (nSPS) is 12.9. The van der Waals surface area contributed by atoms with Crippen LogP contribution in [0.1, 0.15) is 30.2 Å². The summed E-state index contributed by atoms with van der Waals surface area (Å²) in [4.78, 5) is 0. The Morgan fingerprint density at radius 1 is 1.50 bits per heavy atom. The van der Waals surface area contributed by atoms with Gasteiger partial charge in [0.2, 0.25) is 0 Å². The molecule has 0 radical (unpaired) electrons. The summed E-state index contributed by atoms with van der Waals surface area (Å²) in [6, 6.07) is 2.22. The minimum absolute atomic E-state index is 0.290. The van der Waals surface area contributed by atoms with Gasteiger partial charge in [-0.05, 0) is 26.5 Å². The zero-order valence-corrected chi connectivity index (χ0v) is 10.5. The molecule has 0 aliphatic rings. The van der Waals surface area contributed by atoms with Crippen molar-refractivity contribution in [2.75, 3.05) is 7.05 Å². The van der Waals surface area contributed by atoms with Crippen molar-refractivity contribution in [3.05, 3.63) is 23.1 Å². The Labute approximate surface area is 98.7 Å². The van der Waals surface area contributed by atoms with E-state index in [1.807, 2.05) is 20.0 Å². The van der Waals surface area contributed by atoms with E-state index in [0.29, 0.717) is 6.04 Å². The van der Waals surface area contributed by atoms with Crippen molar-refractivity contribution in [3.63, 3.8) is 0 Å². The van der Waals surface area contributed by atoms with Crippen molar-refractivity contribution < 1.29 is 4.42 Å². The van der Waals surface area contributed by atoms with E-state index in [0.717, 1.165) is 27.8 Å². The molecule has 2 aromatic heterocycles. The Balaban J connectivity index is 2.29. The molecule has 0 bridgehead atoms. The number of nitrogens with one attached hydrogen (secondary N) is 1. The molecular formula is C11H15N3OS. The van der Waals surface area contributed by atoms with E-state index in [4.69, 9.17) is 4.42 Å². The van der Waals surface area contributed by atoms with E-state index in [9.17, 15) is 0 Å². The van der Waals surface area contributed by atoms with Gasteiger partial charge in [-0.2, -0.15) is 0 Å². The molecular weight excluding hydrogens is 222 g/mol. The van der Waals surface area contributed by atoms with Crippen molar-refractivity contribution >= 4 is 11.3 Å². The van der Waals surface area contributed by atoms with Gasteiger partial charge in [-0.15, -0.1) is 10.2 Å². The molecule has 0 amide bonds. The standard InChI is InChI=1S/C11H15N3OS/c1-4-9(12-3)11-14-13-10(16-11)8-5-6-15-7(8)2/h5-6,9,12H,4H2,1-3H3. The molecule has 1 unspecified atom stereocenters. The van der Waals surface area contributed by atoms with Crippen LogP contribution in [-0.4, -0.2) is 17.2 Å². The first-order valence-electron chi connectivity index (χ1n) is 5.31. The van der Waals surface area contributed by atoms with Crippen LogP contribution >= 0.6 is 11.3 Å². The van der Waals surface area contributed by atoms with Gasteiger partial charge >= 0.3 is 0 Å². The summed E-state index contributed by atoms with van der Waals surface area (Å²) in [5.41, 5.74) is 1.04. The highest BCUT2D eigenvalue weighted by Crippen LogP contribution is 2.30. The molecule has 0 aliphatic heterocycles. The Bertz CT molecular complexity index is 459. The second-order valence-corrected chi connectivity index (χ2v) is 4.59. The van der Waals surface area contributed by atoms with Gasteiger partial charge in [0.15, 0.2) is 5.01 Å². The first kappa shape index (κ1) is 11.3. The van der Waals surface area contributed by atoms with Crippen LogP contribution in [0.3, 0.4) is 0 Å². The number of hydrogen-bond acceptors (Lipinski definition) is 5. The second-order valence-electron chi connectivity index (χ2n) is 3.59. The maximum absolute atomic E-state index is 5.26. The van der Waals surface area contributed by atoms with Gasteiger partial charge in [0.25, 0.3) is 0 Å². The van der Waals surface area contributed by atoms with Crippen LogP contribution in [0.4, 0.5) is 0 Å². The summed E-state index contributed by atoms with van der Waals surface area (Å²) in [5, 5.41) is 13.6. The number of rotatable bonds is 4. The van der Waals surface area contributed by atoms with Gasteiger partial charge in [0, 0.05) is 0 Å². The third kappa shape index (κ3) is 2.01. The van der Waals surface area contributed by atoms with E-state index in [1.54, 1.807) is 17.6 Å². The summed E-state index contributed by atoms with van der Waals surface area (Å²) in [7, 11) is 1.94. The fraction of sp³-hybridized carbons (Fsp3) is 0.455. The van der Waals surface area contributed by atoms with Gasteiger partial charge in [0.05, 0.1) is 17.9 Å². The predicted octanol–water partition coefficient (Wildman–Crippen LogP) is 2.78.